The molecule has 210 valence electrons. The van der Waals surface area contributed by atoms with Gasteiger partial charge in [-0.05, 0) is 43.2 Å². The van der Waals surface area contributed by atoms with Gasteiger partial charge in [-0.15, -0.1) is 0 Å². The molecule has 0 aliphatic carbocycles. The third-order valence-electron chi connectivity index (χ3n) is 5.85. The maximum Gasteiger partial charge on any atom is 0.435 e. The van der Waals surface area contributed by atoms with Crippen molar-refractivity contribution in [1.82, 2.24) is 20.1 Å². The smallest absolute Gasteiger partial charge is 0.351 e. The van der Waals surface area contributed by atoms with Crippen LogP contribution in [0.1, 0.15) is 47.3 Å². The molecule has 4 rings (SSSR count). The number of pyridine rings is 1. The van der Waals surface area contributed by atoms with E-state index in [9.17, 15) is 22.8 Å². The highest BCUT2D eigenvalue weighted by atomic mass is 35.5. The predicted molar refractivity (Wildman–Crippen MR) is 153 cm³/mol. The fourth-order valence-electron chi connectivity index (χ4n) is 3.99. The van der Waals surface area contributed by atoms with Crippen LogP contribution in [-0.2, 0) is 6.18 Å². The molecule has 2 amide bonds. The Morgan fingerprint density at radius 1 is 1.05 bits per heavy atom. The van der Waals surface area contributed by atoms with Gasteiger partial charge in [0.15, 0.2) is 11.5 Å². The van der Waals surface area contributed by atoms with Crippen LogP contribution in [0.2, 0.25) is 10.0 Å². The Morgan fingerprint density at radius 2 is 1.77 bits per heavy atom. The van der Waals surface area contributed by atoms with Crippen LogP contribution in [0.3, 0.4) is 0 Å². The van der Waals surface area contributed by atoms with E-state index >= 15 is 0 Å². The summed E-state index contributed by atoms with van der Waals surface area (Å²) in [6.07, 6.45) is -3.55. The normalized spacial score (nSPS) is 12.0. The number of carbonyl (C=O) groups excluding carboxylic acids is 2. The Bertz CT molecular complexity index is 1590. The van der Waals surface area contributed by atoms with Gasteiger partial charge in [-0.3, -0.25) is 9.59 Å². The van der Waals surface area contributed by atoms with E-state index in [0.29, 0.717) is 28.1 Å². The van der Waals surface area contributed by atoms with Gasteiger partial charge in [-0.2, -0.15) is 30.0 Å². The number of fused-ring (bicyclic) bond motifs is 1. The molecule has 40 heavy (non-hydrogen) atoms. The van der Waals surface area contributed by atoms with Crippen LogP contribution in [-0.4, -0.2) is 43.6 Å². The highest BCUT2D eigenvalue weighted by Crippen LogP contribution is 2.36. The number of rotatable bonds is 8. The number of benzene rings is 2. The van der Waals surface area contributed by atoms with Crippen molar-refractivity contribution in [2.75, 3.05) is 17.6 Å². The second-order valence-corrected chi connectivity index (χ2v) is 12.1. The molecule has 0 saturated heterocycles. The summed E-state index contributed by atoms with van der Waals surface area (Å²) in [6.45, 7) is 6.30. The highest BCUT2D eigenvalue weighted by Gasteiger charge is 2.37. The first-order valence-corrected chi connectivity index (χ1v) is 13.8. The average Bonchev–Trinajstić information content (AvgIpc) is 3.35. The van der Waals surface area contributed by atoms with E-state index in [1.807, 2.05) is 20.8 Å². The number of carbonyl (C=O) groups is 2. The quantitative estimate of drug-likeness (QED) is 0.219. The zero-order valence-electron chi connectivity index (χ0n) is 21.6. The number of halogens is 5. The summed E-state index contributed by atoms with van der Waals surface area (Å²) >= 11 is 14.5. The van der Waals surface area contributed by atoms with E-state index in [2.05, 4.69) is 20.7 Å². The minimum Gasteiger partial charge on any atom is -0.351 e. The van der Waals surface area contributed by atoms with Gasteiger partial charge in [0.25, 0.3) is 11.8 Å². The van der Waals surface area contributed by atoms with Gasteiger partial charge in [0.2, 0.25) is 0 Å². The van der Waals surface area contributed by atoms with E-state index in [1.165, 1.54) is 18.3 Å². The lowest BCUT2D eigenvalue weighted by molar-refractivity contribution is -0.141. The van der Waals surface area contributed by atoms with E-state index in [1.54, 1.807) is 42.1 Å². The Labute approximate surface area is 242 Å². The molecule has 4 aromatic rings. The molecule has 0 aliphatic rings. The summed E-state index contributed by atoms with van der Waals surface area (Å²) in [6, 6.07) is 12.0. The second-order valence-electron chi connectivity index (χ2n) is 9.30. The molecule has 13 heteroatoms. The molecule has 0 atom stereocenters. The van der Waals surface area contributed by atoms with E-state index < -0.39 is 29.4 Å². The van der Waals surface area contributed by atoms with Gasteiger partial charge in [-0.1, -0.05) is 54.4 Å². The summed E-state index contributed by atoms with van der Waals surface area (Å²) in [5.41, 5.74) is -1.84. The van der Waals surface area contributed by atoms with Crippen molar-refractivity contribution >= 4 is 63.2 Å². The van der Waals surface area contributed by atoms with Crippen LogP contribution < -0.4 is 10.6 Å². The summed E-state index contributed by atoms with van der Waals surface area (Å²) in [7, 11) is 0. The summed E-state index contributed by atoms with van der Waals surface area (Å²) in [4.78, 5) is 30.9. The summed E-state index contributed by atoms with van der Waals surface area (Å²) < 4.78 is 41.2. The zero-order chi connectivity index (χ0) is 29.2. The Morgan fingerprint density at radius 3 is 2.45 bits per heavy atom. The molecule has 0 radical (unpaired) electrons. The van der Waals surface area contributed by atoms with E-state index in [4.69, 9.17) is 23.2 Å². The Kier molecular flexibility index (Phi) is 8.67. The number of aromatic nitrogens is 3. The van der Waals surface area contributed by atoms with Crippen LogP contribution in [0, 0.1) is 0 Å². The van der Waals surface area contributed by atoms with Crippen molar-refractivity contribution in [3.63, 3.8) is 0 Å². The van der Waals surface area contributed by atoms with Crippen molar-refractivity contribution in [3.05, 3.63) is 81.7 Å². The minimum absolute atomic E-state index is 0.0234. The number of nitrogens with one attached hydrogen (secondary N) is 2. The monoisotopic (exact) mass is 609 g/mol. The first-order chi connectivity index (χ1) is 18.8. The number of hydrogen-bond acceptors (Lipinski definition) is 5. The fourth-order valence-corrected chi connectivity index (χ4v) is 5.47. The van der Waals surface area contributed by atoms with Crippen LogP contribution in [0.5, 0.6) is 0 Å². The lowest BCUT2D eigenvalue weighted by atomic mass is 10.0. The van der Waals surface area contributed by atoms with Crippen molar-refractivity contribution in [3.8, 4) is 5.82 Å². The first kappa shape index (κ1) is 29.7. The molecule has 2 aromatic heterocycles. The van der Waals surface area contributed by atoms with Gasteiger partial charge in [0, 0.05) is 28.9 Å². The van der Waals surface area contributed by atoms with E-state index in [-0.39, 0.29) is 31.9 Å². The van der Waals surface area contributed by atoms with Crippen molar-refractivity contribution in [1.29, 1.82) is 0 Å². The number of thioether (sulfide) groups is 1. The van der Waals surface area contributed by atoms with Crippen LogP contribution in [0.25, 0.3) is 16.6 Å². The third kappa shape index (κ3) is 6.37. The molecule has 7 nitrogen and oxygen atoms in total. The lowest BCUT2D eigenvalue weighted by Gasteiger charge is -2.24. The predicted octanol–water partition coefficient (Wildman–Crippen LogP) is 7.26. The van der Waals surface area contributed by atoms with Gasteiger partial charge in [0.05, 0.1) is 21.3 Å². The molecular weight excluding hydrogens is 586 g/mol. The number of amides is 2. The average molecular weight is 610 g/mol. The second kappa shape index (κ2) is 11.7. The van der Waals surface area contributed by atoms with Crippen molar-refractivity contribution in [2.45, 2.75) is 31.7 Å². The molecule has 0 aliphatic heterocycles. The molecule has 0 fully saturated rings. The largest absolute Gasteiger partial charge is 0.435 e. The van der Waals surface area contributed by atoms with Crippen molar-refractivity contribution < 1.29 is 22.8 Å². The number of nitrogens with zero attached hydrogens (tertiary/aromatic N) is 3. The molecule has 2 heterocycles. The topological polar surface area (TPSA) is 88.9 Å². The van der Waals surface area contributed by atoms with Gasteiger partial charge < -0.3 is 10.6 Å². The third-order valence-corrected chi connectivity index (χ3v) is 7.75. The van der Waals surface area contributed by atoms with Crippen LogP contribution in [0.4, 0.5) is 18.9 Å². The fraction of sp³-hybridized carbons (Fsp3) is 0.259. The van der Waals surface area contributed by atoms with Crippen LogP contribution in [0.15, 0.2) is 54.7 Å². The maximum atomic E-state index is 13.6. The molecule has 2 aromatic carbocycles. The van der Waals surface area contributed by atoms with E-state index in [0.717, 1.165) is 5.75 Å². The molecular formula is C27H24Cl2F3N5O2S. The summed E-state index contributed by atoms with van der Waals surface area (Å²) in [5, 5.41) is 10.2. The highest BCUT2D eigenvalue weighted by molar-refractivity contribution is 8.00. The molecule has 0 bridgehead atoms. The maximum absolute atomic E-state index is 13.6. The minimum atomic E-state index is -4.85. The SMILES string of the molecule is CCSC(C)(C)CNC(=O)c1cc2ccccc2c(Cl)c1NC(=O)c1cc(C(F)(F)F)nn1-c1ncccc1Cl. The van der Waals surface area contributed by atoms with Gasteiger partial charge in [0.1, 0.15) is 5.69 Å². The number of anilines is 1. The van der Waals surface area contributed by atoms with Crippen molar-refractivity contribution in [2.24, 2.45) is 0 Å². The van der Waals surface area contributed by atoms with Gasteiger partial charge >= 0.3 is 6.18 Å². The first-order valence-electron chi connectivity index (χ1n) is 12.1. The summed E-state index contributed by atoms with van der Waals surface area (Å²) in [5.74, 6) is -0.842. The molecule has 2 N–H and O–H groups in total. The molecule has 0 saturated carbocycles. The standard InChI is InChI=1S/C27H24Cl2F3N5O2S/c1-4-40-26(2,3)14-34-24(38)17-12-15-8-5-6-9-16(15)21(29)22(17)35-25(39)19-13-20(27(30,31)32)36-37(19)23-18(28)10-7-11-33-23/h5-13H,4,14H2,1-3H3,(H,34,38)(H,35,39). The lowest BCUT2D eigenvalue weighted by Crippen LogP contribution is -2.36. The molecule has 0 spiro atoms. The Balaban J connectivity index is 1.79. The Hall–Kier alpha value is -3.28. The zero-order valence-corrected chi connectivity index (χ0v) is 23.9. The van der Waals surface area contributed by atoms with Gasteiger partial charge in [-0.25, -0.2) is 9.67 Å². The van der Waals surface area contributed by atoms with Crippen LogP contribution >= 0.6 is 35.0 Å². The number of hydrogen-bond donors (Lipinski definition) is 2. The molecule has 0 unspecified atom stereocenters. The number of alkyl halides is 3.